The third kappa shape index (κ3) is 2.18. The molecule has 1 spiro atoms. The number of hydrogen-bond donors (Lipinski definition) is 0. The minimum Gasteiger partial charge on any atom is -0.375 e. The minimum absolute atomic E-state index is 0.192. The van der Waals surface area contributed by atoms with Gasteiger partial charge in [0.2, 0.25) is 0 Å². The first-order valence-electron chi connectivity index (χ1n) is 8.41. The van der Waals surface area contributed by atoms with E-state index >= 15 is 0 Å². The summed E-state index contributed by atoms with van der Waals surface area (Å²) in [5.74, 6) is 1.26. The number of rotatable bonds is 3. The smallest absolute Gasteiger partial charge is 0.110 e. The van der Waals surface area contributed by atoms with Gasteiger partial charge in [0.25, 0.3) is 0 Å². The molecule has 2 heterocycles. The van der Waals surface area contributed by atoms with Crippen molar-refractivity contribution in [1.29, 1.82) is 0 Å². The Balaban J connectivity index is 1.75. The van der Waals surface area contributed by atoms with Gasteiger partial charge in [0.05, 0.1) is 16.6 Å². The Labute approximate surface area is 126 Å². The topological polar surface area (TPSA) is 27.1 Å². The van der Waals surface area contributed by atoms with Crippen LogP contribution in [0, 0.1) is 0 Å². The maximum atomic E-state index is 6.11. The molecule has 112 valence electrons. The van der Waals surface area contributed by atoms with Crippen molar-refractivity contribution in [2.24, 2.45) is 0 Å². The normalized spacial score (nSPS) is 24.3. The summed E-state index contributed by atoms with van der Waals surface area (Å²) in [7, 11) is 0. The standard InChI is InChI=1S/C18H24N2O/c1-2-6-17-19-15-7-3-4-8-16(15)20(17)14-9-12-21-18(13-14)10-5-11-18/h3-4,7-8,14H,2,5-6,9-13H2,1H3. The number of hydrogen-bond acceptors (Lipinski definition) is 2. The van der Waals surface area contributed by atoms with Crippen LogP contribution in [0.2, 0.25) is 0 Å². The highest BCUT2D eigenvalue weighted by molar-refractivity contribution is 5.76. The maximum Gasteiger partial charge on any atom is 0.110 e. The van der Waals surface area contributed by atoms with Crippen LogP contribution in [0.3, 0.4) is 0 Å². The Kier molecular flexibility index (Phi) is 3.26. The molecule has 1 aromatic heterocycles. The van der Waals surface area contributed by atoms with Crippen molar-refractivity contribution >= 4 is 11.0 Å². The van der Waals surface area contributed by atoms with Gasteiger partial charge in [-0.2, -0.15) is 0 Å². The van der Waals surface area contributed by atoms with Crippen LogP contribution in [0.4, 0.5) is 0 Å². The van der Waals surface area contributed by atoms with Gasteiger partial charge in [0.15, 0.2) is 0 Å². The SMILES string of the molecule is CCCc1nc2ccccc2n1C1CCOC2(CCC2)C1. The molecule has 0 amide bonds. The molecule has 0 radical (unpaired) electrons. The van der Waals surface area contributed by atoms with E-state index < -0.39 is 0 Å². The van der Waals surface area contributed by atoms with Crippen LogP contribution in [0.1, 0.15) is 57.3 Å². The monoisotopic (exact) mass is 284 g/mol. The van der Waals surface area contributed by atoms with E-state index in [4.69, 9.17) is 9.72 Å². The lowest BCUT2D eigenvalue weighted by atomic mass is 9.74. The van der Waals surface area contributed by atoms with Crippen molar-refractivity contribution in [2.75, 3.05) is 6.61 Å². The highest BCUT2D eigenvalue weighted by Crippen LogP contribution is 2.46. The molecule has 1 aliphatic heterocycles. The molecule has 4 rings (SSSR count). The van der Waals surface area contributed by atoms with E-state index in [1.807, 2.05) is 0 Å². The first kappa shape index (κ1) is 13.3. The summed E-state index contributed by atoms with van der Waals surface area (Å²) in [6.07, 6.45) is 8.34. The van der Waals surface area contributed by atoms with E-state index in [0.717, 1.165) is 31.4 Å². The fourth-order valence-electron chi connectivity index (χ4n) is 4.04. The summed E-state index contributed by atoms with van der Waals surface area (Å²) in [5, 5.41) is 0. The second kappa shape index (κ2) is 5.13. The van der Waals surface area contributed by atoms with Crippen LogP contribution in [0.5, 0.6) is 0 Å². The Hall–Kier alpha value is -1.35. The molecule has 1 saturated heterocycles. The number of imidazole rings is 1. The predicted octanol–water partition coefficient (Wildman–Crippen LogP) is 4.26. The molecule has 1 saturated carbocycles. The molecule has 1 aliphatic carbocycles. The zero-order chi connectivity index (χ0) is 14.3. The quantitative estimate of drug-likeness (QED) is 0.842. The van der Waals surface area contributed by atoms with Crippen LogP contribution in [-0.4, -0.2) is 21.8 Å². The zero-order valence-electron chi connectivity index (χ0n) is 12.8. The molecule has 3 heteroatoms. The summed E-state index contributed by atoms with van der Waals surface area (Å²) < 4.78 is 8.64. The van der Waals surface area contributed by atoms with Crippen LogP contribution in [-0.2, 0) is 11.2 Å². The van der Waals surface area contributed by atoms with E-state index in [9.17, 15) is 0 Å². The van der Waals surface area contributed by atoms with Gasteiger partial charge in [0, 0.05) is 19.1 Å². The highest BCUT2D eigenvalue weighted by Gasteiger charge is 2.43. The van der Waals surface area contributed by atoms with E-state index in [0.29, 0.717) is 6.04 Å². The van der Waals surface area contributed by atoms with Crippen molar-refractivity contribution in [3.8, 4) is 0 Å². The summed E-state index contributed by atoms with van der Waals surface area (Å²) in [4.78, 5) is 4.89. The third-order valence-electron chi connectivity index (χ3n) is 5.24. The summed E-state index contributed by atoms with van der Waals surface area (Å²) in [5.41, 5.74) is 2.65. The Morgan fingerprint density at radius 3 is 2.95 bits per heavy atom. The van der Waals surface area contributed by atoms with Crippen LogP contribution >= 0.6 is 0 Å². The Morgan fingerprint density at radius 1 is 1.33 bits per heavy atom. The second-order valence-electron chi connectivity index (χ2n) is 6.67. The largest absolute Gasteiger partial charge is 0.375 e. The second-order valence-corrected chi connectivity index (χ2v) is 6.67. The number of benzene rings is 1. The average Bonchev–Trinajstić information content (AvgIpc) is 2.84. The van der Waals surface area contributed by atoms with E-state index in [1.54, 1.807) is 0 Å². The maximum absolute atomic E-state index is 6.11. The van der Waals surface area contributed by atoms with E-state index in [2.05, 4.69) is 35.8 Å². The predicted molar refractivity (Wildman–Crippen MR) is 84.5 cm³/mol. The lowest BCUT2D eigenvalue weighted by Gasteiger charge is -2.47. The van der Waals surface area contributed by atoms with Crippen molar-refractivity contribution in [1.82, 2.24) is 9.55 Å². The van der Waals surface area contributed by atoms with Crippen molar-refractivity contribution in [3.63, 3.8) is 0 Å². The first-order valence-corrected chi connectivity index (χ1v) is 8.41. The van der Waals surface area contributed by atoms with Gasteiger partial charge in [-0.15, -0.1) is 0 Å². The van der Waals surface area contributed by atoms with E-state index in [1.165, 1.54) is 37.0 Å². The molecular formula is C18H24N2O. The number of aryl methyl sites for hydroxylation is 1. The van der Waals surface area contributed by atoms with Gasteiger partial charge in [-0.05, 0) is 50.7 Å². The molecule has 2 aromatic rings. The molecular weight excluding hydrogens is 260 g/mol. The summed E-state index contributed by atoms with van der Waals surface area (Å²) in [6.45, 7) is 3.14. The first-order chi connectivity index (χ1) is 10.3. The number of nitrogens with zero attached hydrogens (tertiary/aromatic N) is 2. The van der Waals surface area contributed by atoms with Crippen molar-refractivity contribution < 1.29 is 4.74 Å². The van der Waals surface area contributed by atoms with Gasteiger partial charge >= 0.3 is 0 Å². The molecule has 1 atom stereocenters. The Morgan fingerprint density at radius 2 is 2.19 bits per heavy atom. The van der Waals surface area contributed by atoms with Crippen molar-refractivity contribution in [3.05, 3.63) is 30.1 Å². The number of ether oxygens (including phenoxy) is 1. The lowest BCUT2D eigenvalue weighted by Crippen LogP contribution is -2.46. The summed E-state index contributed by atoms with van der Waals surface area (Å²) >= 11 is 0. The van der Waals surface area contributed by atoms with Crippen molar-refractivity contribution in [2.45, 2.75) is 63.5 Å². The molecule has 21 heavy (non-hydrogen) atoms. The Bertz CT molecular complexity index is 642. The molecule has 2 aliphatic rings. The van der Waals surface area contributed by atoms with Crippen LogP contribution < -0.4 is 0 Å². The molecule has 0 N–H and O–H groups in total. The molecule has 3 nitrogen and oxygen atoms in total. The van der Waals surface area contributed by atoms with Crippen LogP contribution in [0.25, 0.3) is 11.0 Å². The highest BCUT2D eigenvalue weighted by atomic mass is 16.5. The zero-order valence-corrected chi connectivity index (χ0v) is 12.8. The fraction of sp³-hybridized carbons (Fsp3) is 0.611. The molecule has 1 aromatic carbocycles. The van der Waals surface area contributed by atoms with Gasteiger partial charge in [-0.25, -0.2) is 4.98 Å². The number of aromatic nitrogens is 2. The van der Waals surface area contributed by atoms with Gasteiger partial charge in [-0.3, -0.25) is 0 Å². The molecule has 1 unspecified atom stereocenters. The third-order valence-corrected chi connectivity index (χ3v) is 5.24. The number of fused-ring (bicyclic) bond motifs is 1. The number of para-hydroxylation sites is 2. The van der Waals surface area contributed by atoms with Crippen LogP contribution in [0.15, 0.2) is 24.3 Å². The van der Waals surface area contributed by atoms with Gasteiger partial charge in [-0.1, -0.05) is 19.1 Å². The van der Waals surface area contributed by atoms with E-state index in [-0.39, 0.29) is 5.60 Å². The fourth-order valence-corrected chi connectivity index (χ4v) is 4.04. The summed E-state index contributed by atoms with van der Waals surface area (Å²) in [6, 6.07) is 9.16. The lowest BCUT2D eigenvalue weighted by molar-refractivity contribution is -0.140. The minimum atomic E-state index is 0.192. The molecule has 0 bridgehead atoms. The average molecular weight is 284 g/mol. The van der Waals surface area contributed by atoms with Gasteiger partial charge in [0.1, 0.15) is 5.82 Å². The molecule has 2 fully saturated rings. The van der Waals surface area contributed by atoms with Gasteiger partial charge < -0.3 is 9.30 Å².